The van der Waals surface area contributed by atoms with Gasteiger partial charge in [0.15, 0.2) is 12.4 Å². The molecule has 2 aromatic rings. The number of anilines is 4. The van der Waals surface area contributed by atoms with Crippen LogP contribution in [0, 0.1) is 5.41 Å². The minimum absolute atomic E-state index is 0.0777. The van der Waals surface area contributed by atoms with Crippen molar-refractivity contribution in [1.29, 1.82) is 5.41 Å². The van der Waals surface area contributed by atoms with E-state index in [1.165, 1.54) is 0 Å². The van der Waals surface area contributed by atoms with Crippen LogP contribution in [0.5, 0.6) is 0 Å². The number of nitrogens with one attached hydrogen (secondary N) is 2. The van der Waals surface area contributed by atoms with Crippen molar-refractivity contribution in [2.75, 3.05) is 54.5 Å². The Labute approximate surface area is 231 Å². The third-order valence-corrected chi connectivity index (χ3v) is 7.57. The van der Waals surface area contributed by atoms with Crippen LogP contribution < -0.4 is 15.1 Å². The molecule has 0 saturated carbocycles. The van der Waals surface area contributed by atoms with Gasteiger partial charge in [-0.15, -0.1) is 0 Å². The van der Waals surface area contributed by atoms with Gasteiger partial charge in [-0.25, -0.2) is 9.97 Å². The molecule has 5 rings (SSSR count). The number of likely N-dealkylation sites (tertiary alicyclic amines) is 1. The van der Waals surface area contributed by atoms with Crippen LogP contribution in [0.1, 0.15) is 45.0 Å². The van der Waals surface area contributed by atoms with Crippen LogP contribution in [-0.4, -0.2) is 78.4 Å². The predicted molar refractivity (Wildman–Crippen MR) is 144 cm³/mol. The van der Waals surface area contributed by atoms with E-state index in [0.717, 1.165) is 23.7 Å². The first-order valence-corrected chi connectivity index (χ1v) is 13.5. The molecule has 2 saturated heterocycles. The first-order chi connectivity index (χ1) is 19.0. The predicted octanol–water partition coefficient (Wildman–Crippen LogP) is 4.18. The highest BCUT2D eigenvalue weighted by Crippen LogP contribution is 2.47. The second-order valence-electron chi connectivity index (χ2n) is 10.6. The van der Waals surface area contributed by atoms with Crippen molar-refractivity contribution in [2.45, 2.75) is 57.9 Å². The number of amidine groups is 1. The van der Waals surface area contributed by atoms with Gasteiger partial charge in [-0.05, 0) is 57.9 Å². The lowest BCUT2D eigenvalue weighted by Crippen LogP contribution is -2.45. The molecule has 10 nitrogen and oxygen atoms in total. The van der Waals surface area contributed by atoms with Gasteiger partial charge in [-0.2, -0.15) is 13.2 Å². The number of rotatable bonds is 6. The summed E-state index contributed by atoms with van der Waals surface area (Å²) in [6.07, 6.45) is -4.20. The molecule has 1 aromatic carbocycles. The molecule has 1 unspecified atom stereocenters. The summed E-state index contributed by atoms with van der Waals surface area (Å²) in [5.74, 6) is 0.825. The van der Waals surface area contributed by atoms with Gasteiger partial charge in [-0.1, -0.05) is 0 Å². The Morgan fingerprint density at radius 3 is 2.48 bits per heavy atom. The first kappa shape index (κ1) is 27.9. The van der Waals surface area contributed by atoms with Gasteiger partial charge in [0.2, 0.25) is 5.91 Å². The van der Waals surface area contributed by atoms with Crippen molar-refractivity contribution in [3.05, 3.63) is 35.7 Å². The van der Waals surface area contributed by atoms with Crippen LogP contribution in [0.15, 0.2) is 24.3 Å². The van der Waals surface area contributed by atoms with E-state index in [2.05, 4.69) is 20.2 Å². The zero-order valence-corrected chi connectivity index (χ0v) is 22.8. The van der Waals surface area contributed by atoms with Crippen LogP contribution in [0.3, 0.4) is 0 Å². The van der Waals surface area contributed by atoms with E-state index in [1.54, 1.807) is 4.90 Å². The number of ether oxygens (including phenoxy) is 2. The fourth-order valence-corrected chi connectivity index (χ4v) is 5.51. The van der Waals surface area contributed by atoms with Gasteiger partial charge >= 0.3 is 6.18 Å². The maximum Gasteiger partial charge on any atom is 0.408 e. The lowest BCUT2D eigenvalue weighted by Gasteiger charge is -2.29. The third-order valence-electron chi connectivity index (χ3n) is 7.57. The normalized spacial score (nSPS) is 20.6. The summed E-state index contributed by atoms with van der Waals surface area (Å²) in [4.78, 5) is 27.6. The topological polar surface area (TPSA) is 107 Å². The van der Waals surface area contributed by atoms with Crippen LogP contribution in [0.25, 0.3) is 0 Å². The Bertz CT molecular complexity index is 1260. The number of carbonyl (C=O) groups excluding carboxylic acids is 1. The number of carbonyl (C=O) groups is 1. The molecule has 4 heterocycles. The van der Waals surface area contributed by atoms with Crippen molar-refractivity contribution in [2.24, 2.45) is 0 Å². The summed E-state index contributed by atoms with van der Waals surface area (Å²) in [5, 5.41) is 11.4. The van der Waals surface area contributed by atoms with Crippen molar-refractivity contribution < 1.29 is 27.4 Å². The molecule has 40 heavy (non-hydrogen) atoms. The standard InChI is InChI=1S/C27H34F3N7O3/c1-4-32-22-21-23(34-20(33-22)16-40-25(31)36-11-5-6-19(36)27(28,29)30)37(24(38)26(21,2)3)18-9-7-17(8-10-18)35-12-14-39-15-13-35/h7-10,19,31H,4-6,11-16H2,1-3H3,(H,32,33,34). The number of hydrogen-bond acceptors (Lipinski definition) is 8. The van der Waals surface area contributed by atoms with Crippen LogP contribution in [0.2, 0.25) is 0 Å². The number of morpholine rings is 1. The SMILES string of the molecule is CCNc1nc(COC(=N)N2CCCC2C(F)(F)F)nc2c1C(C)(C)C(=O)N2c1ccc(N2CCOCC2)cc1. The molecule has 13 heteroatoms. The third kappa shape index (κ3) is 5.14. The molecule has 0 radical (unpaired) electrons. The Balaban J connectivity index is 1.43. The minimum Gasteiger partial charge on any atom is -0.457 e. The maximum absolute atomic E-state index is 13.7. The van der Waals surface area contributed by atoms with Gasteiger partial charge in [-0.3, -0.25) is 15.1 Å². The molecular formula is C27H34F3N7O3. The van der Waals surface area contributed by atoms with Crippen molar-refractivity contribution in [3.63, 3.8) is 0 Å². The molecule has 3 aliphatic rings. The highest BCUT2D eigenvalue weighted by Gasteiger charge is 2.49. The molecule has 0 spiro atoms. The highest BCUT2D eigenvalue weighted by molar-refractivity contribution is 6.12. The number of fused-ring (bicyclic) bond motifs is 1. The van der Waals surface area contributed by atoms with Crippen LogP contribution >= 0.6 is 0 Å². The fraction of sp³-hybridized carbons (Fsp3) is 0.556. The van der Waals surface area contributed by atoms with E-state index in [0.29, 0.717) is 49.1 Å². The van der Waals surface area contributed by atoms with Crippen molar-refractivity contribution in [3.8, 4) is 0 Å². The zero-order chi connectivity index (χ0) is 28.7. The summed E-state index contributed by atoms with van der Waals surface area (Å²) in [5.41, 5.74) is 1.37. The second-order valence-corrected chi connectivity index (χ2v) is 10.6. The van der Waals surface area contributed by atoms with E-state index in [9.17, 15) is 18.0 Å². The lowest BCUT2D eigenvalue weighted by molar-refractivity contribution is -0.169. The average molecular weight is 562 g/mol. The number of hydrogen-bond donors (Lipinski definition) is 2. The van der Waals surface area contributed by atoms with E-state index in [1.807, 2.05) is 45.0 Å². The summed E-state index contributed by atoms with van der Waals surface area (Å²) in [7, 11) is 0. The van der Waals surface area contributed by atoms with E-state index in [4.69, 9.17) is 14.9 Å². The Hall–Kier alpha value is -3.61. The molecule has 3 aliphatic heterocycles. The molecule has 216 valence electrons. The fourth-order valence-electron chi connectivity index (χ4n) is 5.51. The van der Waals surface area contributed by atoms with E-state index >= 15 is 0 Å². The summed E-state index contributed by atoms with van der Waals surface area (Å²) < 4.78 is 51.1. The van der Waals surface area contributed by atoms with Crippen LogP contribution in [0.4, 0.5) is 36.2 Å². The Morgan fingerprint density at radius 1 is 1.15 bits per heavy atom. The van der Waals surface area contributed by atoms with Crippen LogP contribution in [-0.2, 0) is 26.3 Å². The molecule has 0 aliphatic carbocycles. The molecule has 0 bridgehead atoms. The molecular weight excluding hydrogens is 527 g/mol. The van der Waals surface area contributed by atoms with Gasteiger partial charge in [0, 0.05) is 31.9 Å². The Kier molecular flexibility index (Phi) is 7.51. The monoisotopic (exact) mass is 561 g/mol. The van der Waals surface area contributed by atoms with Gasteiger partial charge in [0.05, 0.1) is 29.9 Å². The maximum atomic E-state index is 13.7. The van der Waals surface area contributed by atoms with Crippen molar-refractivity contribution in [1.82, 2.24) is 14.9 Å². The molecule has 1 atom stereocenters. The zero-order valence-electron chi connectivity index (χ0n) is 22.8. The number of halogens is 3. The van der Waals surface area contributed by atoms with Crippen molar-refractivity contribution >= 4 is 34.9 Å². The lowest BCUT2D eigenvalue weighted by atomic mass is 9.87. The number of nitrogens with zero attached hydrogens (tertiary/aromatic N) is 5. The van der Waals surface area contributed by atoms with E-state index < -0.39 is 23.7 Å². The Morgan fingerprint density at radius 2 is 1.82 bits per heavy atom. The largest absolute Gasteiger partial charge is 0.457 e. The van der Waals surface area contributed by atoms with Gasteiger partial charge in [0.25, 0.3) is 6.02 Å². The molecule has 2 N–H and O–H groups in total. The quantitative estimate of drug-likeness (QED) is 0.400. The second kappa shape index (κ2) is 10.8. The summed E-state index contributed by atoms with van der Waals surface area (Å²) in [6, 6.07) is 5.36. The molecule has 2 fully saturated rings. The minimum atomic E-state index is -4.45. The molecule has 1 amide bonds. The number of alkyl halides is 3. The summed E-state index contributed by atoms with van der Waals surface area (Å²) in [6.45, 7) is 8.73. The van der Waals surface area contributed by atoms with Gasteiger partial charge < -0.3 is 24.6 Å². The van der Waals surface area contributed by atoms with Gasteiger partial charge in [0.1, 0.15) is 17.7 Å². The average Bonchev–Trinajstić information content (AvgIpc) is 3.50. The first-order valence-electron chi connectivity index (χ1n) is 13.5. The highest BCUT2D eigenvalue weighted by atomic mass is 19.4. The number of aromatic nitrogens is 2. The molecule has 1 aromatic heterocycles. The summed E-state index contributed by atoms with van der Waals surface area (Å²) >= 11 is 0. The number of amides is 1. The number of benzene rings is 1. The van der Waals surface area contributed by atoms with E-state index in [-0.39, 0.29) is 31.3 Å². The smallest absolute Gasteiger partial charge is 0.408 e.